The molecule has 0 saturated carbocycles. The van der Waals surface area contributed by atoms with Crippen LogP contribution in [0.15, 0.2) is 108 Å². The quantitative estimate of drug-likeness (QED) is 0.192. The second-order valence-electron chi connectivity index (χ2n) is 9.88. The lowest BCUT2D eigenvalue weighted by atomic mass is 10.0. The number of nitrogens with zero attached hydrogens (tertiary/aromatic N) is 2. The first-order chi connectivity index (χ1) is 21.1. The van der Waals surface area contributed by atoms with Gasteiger partial charge in [0, 0.05) is 29.6 Å². The van der Waals surface area contributed by atoms with Gasteiger partial charge >= 0.3 is 0 Å². The van der Waals surface area contributed by atoms with Crippen LogP contribution in [0.2, 0.25) is 10.0 Å². The van der Waals surface area contributed by atoms with Crippen molar-refractivity contribution in [3.8, 4) is 5.75 Å². The van der Waals surface area contributed by atoms with Crippen LogP contribution in [0.25, 0.3) is 0 Å². The molecule has 1 N–H and O–H groups in total. The largest absolute Gasteiger partial charge is 0.497 e. The molecule has 0 fully saturated rings. The van der Waals surface area contributed by atoms with E-state index in [1.54, 1.807) is 67.6 Å². The molecule has 4 rings (SSSR count). The average molecular weight is 655 g/mol. The monoisotopic (exact) mass is 653 g/mol. The molecule has 1 atom stereocenters. The summed E-state index contributed by atoms with van der Waals surface area (Å²) in [6, 6.07) is 27.4. The Morgan fingerprint density at radius 1 is 0.886 bits per heavy atom. The van der Waals surface area contributed by atoms with Crippen LogP contribution < -0.4 is 14.4 Å². The fourth-order valence-corrected chi connectivity index (χ4v) is 6.58. The molecule has 0 aliphatic heterocycles. The third kappa shape index (κ3) is 8.11. The van der Waals surface area contributed by atoms with Gasteiger partial charge in [0.05, 0.1) is 17.7 Å². The molecule has 11 heteroatoms. The number of carbonyl (C=O) groups is 2. The molecule has 4 aromatic carbocycles. The summed E-state index contributed by atoms with van der Waals surface area (Å²) in [6.07, 6.45) is 0.192. The minimum Gasteiger partial charge on any atom is -0.497 e. The van der Waals surface area contributed by atoms with E-state index < -0.39 is 28.5 Å². The molecule has 0 unspecified atom stereocenters. The van der Waals surface area contributed by atoms with Gasteiger partial charge in [-0.05, 0) is 66.6 Å². The van der Waals surface area contributed by atoms with E-state index in [1.807, 2.05) is 30.3 Å². The Hall–Kier alpha value is -4.05. The highest BCUT2D eigenvalue weighted by Gasteiger charge is 2.34. The number of likely N-dealkylation sites (N-methyl/N-ethyl adjacent to an activating group) is 1. The molecule has 0 aromatic heterocycles. The number of hydrogen-bond donors (Lipinski definition) is 1. The highest BCUT2D eigenvalue weighted by Crippen LogP contribution is 2.28. The van der Waals surface area contributed by atoms with E-state index in [4.69, 9.17) is 27.9 Å². The minimum absolute atomic E-state index is 0.0143. The van der Waals surface area contributed by atoms with E-state index in [0.717, 1.165) is 9.87 Å². The molecule has 44 heavy (non-hydrogen) atoms. The first kappa shape index (κ1) is 32.9. The smallest absolute Gasteiger partial charge is 0.264 e. The molecule has 0 bridgehead atoms. The van der Waals surface area contributed by atoms with Crippen molar-refractivity contribution in [2.45, 2.75) is 30.8 Å². The minimum atomic E-state index is -4.20. The lowest BCUT2D eigenvalue weighted by Gasteiger charge is -2.34. The Balaban J connectivity index is 1.81. The first-order valence-corrected chi connectivity index (χ1v) is 16.1. The second kappa shape index (κ2) is 15.1. The first-order valence-electron chi connectivity index (χ1n) is 13.9. The number of halogens is 2. The van der Waals surface area contributed by atoms with Crippen LogP contribution in [0.4, 0.5) is 5.69 Å². The normalized spacial score (nSPS) is 11.8. The molecule has 2 amide bonds. The predicted molar refractivity (Wildman–Crippen MR) is 174 cm³/mol. The Bertz CT molecular complexity index is 1670. The predicted octanol–water partition coefficient (Wildman–Crippen LogP) is 5.97. The van der Waals surface area contributed by atoms with Gasteiger partial charge in [-0.1, -0.05) is 77.8 Å². The summed E-state index contributed by atoms with van der Waals surface area (Å²) < 4.78 is 34.3. The van der Waals surface area contributed by atoms with Gasteiger partial charge in [0.25, 0.3) is 10.0 Å². The average Bonchev–Trinajstić information content (AvgIpc) is 3.03. The number of amides is 2. The van der Waals surface area contributed by atoms with E-state index in [0.29, 0.717) is 27.9 Å². The van der Waals surface area contributed by atoms with E-state index in [-0.39, 0.29) is 29.5 Å². The molecule has 4 aromatic rings. The van der Waals surface area contributed by atoms with Gasteiger partial charge < -0.3 is 15.0 Å². The summed E-state index contributed by atoms with van der Waals surface area (Å²) in [5.41, 5.74) is 1.63. The van der Waals surface area contributed by atoms with Crippen molar-refractivity contribution in [2.24, 2.45) is 0 Å². The molecule has 0 heterocycles. The van der Waals surface area contributed by atoms with Crippen molar-refractivity contribution in [3.05, 3.63) is 124 Å². The summed E-state index contributed by atoms with van der Waals surface area (Å²) in [5.74, 6) is -0.453. The van der Waals surface area contributed by atoms with Gasteiger partial charge in [0.15, 0.2) is 0 Å². The molecular weight excluding hydrogens is 621 g/mol. The number of nitrogens with one attached hydrogen (secondary N) is 1. The lowest BCUT2D eigenvalue weighted by Crippen LogP contribution is -2.53. The Labute approximate surface area is 268 Å². The van der Waals surface area contributed by atoms with Gasteiger partial charge in [0.1, 0.15) is 18.3 Å². The third-order valence-corrected chi connectivity index (χ3v) is 9.32. The fraction of sp³-hybridized carbons (Fsp3) is 0.212. The molecule has 0 radical (unpaired) electrons. The third-order valence-electron chi connectivity index (χ3n) is 6.95. The lowest BCUT2D eigenvalue weighted by molar-refractivity contribution is -0.140. The van der Waals surface area contributed by atoms with Crippen LogP contribution >= 0.6 is 23.2 Å². The zero-order valence-electron chi connectivity index (χ0n) is 24.3. The summed E-state index contributed by atoms with van der Waals surface area (Å²) in [7, 11) is -2.70. The molecular formula is C33H33Cl2N3O5S. The van der Waals surface area contributed by atoms with Crippen LogP contribution in [0.3, 0.4) is 0 Å². The number of rotatable bonds is 13. The Morgan fingerprint density at radius 3 is 2.11 bits per heavy atom. The summed E-state index contributed by atoms with van der Waals surface area (Å²) in [4.78, 5) is 29.4. The Morgan fingerprint density at radius 2 is 1.52 bits per heavy atom. The van der Waals surface area contributed by atoms with E-state index >= 15 is 0 Å². The number of sulfonamides is 1. The van der Waals surface area contributed by atoms with Crippen LogP contribution in [0.1, 0.15) is 18.1 Å². The van der Waals surface area contributed by atoms with Crippen LogP contribution in [0.5, 0.6) is 5.75 Å². The van der Waals surface area contributed by atoms with Crippen molar-refractivity contribution in [1.82, 2.24) is 10.2 Å². The van der Waals surface area contributed by atoms with E-state index in [1.165, 1.54) is 24.1 Å². The van der Waals surface area contributed by atoms with Gasteiger partial charge in [-0.2, -0.15) is 0 Å². The van der Waals surface area contributed by atoms with Crippen LogP contribution in [0, 0.1) is 0 Å². The maximum Gasteiger partial charge on any atom is 0.264 e. The highest BCUT2D eigenvalue weighted by molar-refractivity contribution is 7.92. The second-order valence-corrected chi connectivity index (χ2v) is 12.6. The Kier molecular flexibility index (Phi) is 11.3. The number of methoxy groups -OCH3 is 1. The number of ether oxygens (including phenoxy) is 1. The van der Waals surface area contributed by atoms with Gasteiger partial charge in [-0.3, -0.25) is 13.9 Å². The van der Waals surface area contributed by atoms with E-state index in [2.05, 4.69) is 5.32 Å². The zero-order valence-corrected chi connectivity index (χ0v) is 26.6. The number of anilines is 1. The highest BCUT2D eigenvalue weighted by atomic mass is 35.5. The maximum absolute atomic E-state index is 14.4. The number of carbonyl (C=O) groups excluding carboxylic acids is 2. The van der Waals surface area contributed by atoms with Crippen molar-refractivity contribution < 1.29 is 22.7 Å². The standard InChI is InChI=1S/C33H33Cl2N3O5S/c1-3-36-33(40)31(20-24-10-6-4-7-11-24)37(22-25-14-15-26(34)21-30(25)35)32(39)23-38(27-16-18-28(43-2)19-17-27)44(41,42)29-12-8-5-9-13-29/h4-19,21,31H,3,20,22-23H2,1-2H3,(H,36,40)/t31-/m1/s1. The van der Waals surface area contributed by atoms with Gasteiger partial charge in [-0.25, -0.2) is 8.42 Å². The summed E-state index contributed by atoms with van der Waals surface area (Å²) in [6.45, 7) is 1.48. The van der Waals surface area contributed by atoms with Crippen LogP contribution in [-0.2, 0) is 32.6 Å². The molecule has 0 saturated heterocycles. The molecule has 0 spiro atoms. The zero-order chi connectivity index (χ0) is 31.7. The van der Waals surface area contributed by atoms with E-state index in [9.17, 15) is 18.0 Å². The van der Waals surface area contributed by atoms with Crippen LogP contribution in [-0.4, -0.2) is 51.4 Å². The molecule has 230 valence electrons. The fourth-order valence-electron chi connectivity index (χ4n) is 4.68. The van der Waals surface area contributed by atoms with Crippen molar-refractivity contribution in [3.63, 3.8) is 0 Å². The summed E-state index contributed by atoms with van der Waals surface area (Å²) >= 11 is 12.7. The van der Waals surface area contributed by atoms with Gasteiger partial charge in [0.2, 0.25) is 11.8 Å². The molecule has 8 nitrogen and oxygen atoms in total. The summed E-state index contributed by atoms with van der Waals surface area (Å²) in [5, 5.41) is 3.56. The SMILES string of the molecule is CCNC(=O)[C@@H](Cc1ccccc1)N(Cc1ccc(Cl)cc1Cl)C(=O)CN(c1ccc(OC)cc1)S(=O)(=O)c1ccccc1. The van der Waals surface area contributed by atoms with Gasteiger partial charge in [-0.15, -0.1) is 0 Å². The number of benzene rings is 4. The topological polar surface area (TPSA) is 96.0 Å². The van der Waals surface area contributed by atoms with Crippen molar-refractivity contribution in [2.75, 3.05) is 24.5 Å². The maximum atomic E-state index is 14.4. The molecule has 0 aliphatic rings. The molecule has 0 aliphatic carbocycles. The van der Waals surface area contributed by atoms with Crippen molar-refractivity contribution in [1.29, 1.82) is 0 Å². The number of hydrogen-bond acceptors (Lipinski definition) is 5. The van der Waals surface area contributed by atoms with Crippen molar-refractivity contribution >= 4 is 50.7 Å².